The Labute approximate surface area is 172 Å². The van der Waals surface area contributed by atoms with E-state index in [1.807, 2.05) is 35.8 Å². The molecule has 6 heteroatoms. The highest BCUT2D eigenvalue weighted by Gasteiger charge is 2.48. The molecular weight excluding hydrogens is 366 g/mol. The van der Waals surface area contributed by atoms with Gasteiger partial charge in [0, 0.05) is 12.6 Å². The molecule has 6 nitrogen and oxygen atoms in total. The molecule has 0 spiro atoms. The van der Waals surface area contributed by atoms with E-state index in [1.165, 1.54) is 0 Å². The maximum atomic E-state index is 13.5. The first kappa shape index (κ1) is 19.8. The Morgan fingerprint density at radius 3 is 2.62 bits per heavy atom. The van der Waals surface area contributed by atoms with Gasteiger partial charge >= 0.3 is 0 Å². The van der Waals surface area contributed by atoms with Crippen LogP contribution >= 0.6 is 0 Å². The smallest absolute Gasteiger partial charge is 0.271 e. The van der Waals surface area contributed by atoms with E-state index in [0.29, 0.717) is 30.5 Å². The third-order valence-corrected chi connectivity index (χ3v) is 6.39. The molecule has 0 bridgehead atoms. The first-order valence-corrected chi connectivity index (χ1v) is 10.8. The Balaban J connectivity index is 1.70. The maximum Gasteiger partial charge on any atom is 0.271 e. The van der Waals surface area contributed by atoms with Crippen LogP contribution in [0, 0.1) is 5.92 Å². The number of rotatable bonds is 6. The number of carbonyl (C=O) groups excluding carboxylic acids is 2. The van der Waals surface area contributed by atoms with Crippen LogP contribution in [0.3, 0.4) is 0 Å². The van der Waals surface area contributed by atoms with Crippen molar-refractivity contribution in [1.29, 1.82) is 0 Å². The SMILES string of the molecule is CC(C)CCN1C(=O)c2ccc(-c3ccco3)n2CC1(C)C(=O)NC1CCCC1. The van der Waals surface area contributed by atoms with Crippen LogP contribution in [0.5, 0.6) is 0 Å². The number of hydrogen-bond donors (Lipinski definition) is 1. The van der Waals surface area contributed by atoms with E-state index in [2.05, 4.69) is 19.2 Å². The van der Waals surface area contributed by atoms with Gasteiger partial charge in [-0.05, 0) is 56.4 Å². The lowest BCUT2D eigenvalue weighted by Crippen LogP contribution is -2.65. The summed E-state index contributed by atoms with van der Waals surface area (Å²) in [5.74, 6) is 1.03. The first-order chi connectivity index (χ1) is 13.9. The molecule has 2 aromatic rings. The fraction of sp³-hybridized carbons (Fsp3) is 0.565. The van der Waals surface area contributed by atoms with Crippen molar-refractivity contribution in [3.63, 3.8) is 0 Å². The van der Waals surface area contributed by atoms with Crippen LogP contribution in [0.1, 0.15) is 63.4 Å². The summed E-state index contributed by atoms with van der Waals surface area (Å²) >= 11 is 0. The summed E-state index contributed by atoms with van der Waals surface area (Å²) in [6.45, 7) is 7.19. The van der Waals surface area contributed by atoms with Crippen molar-refractivity contribution in [2.75, 3.05) is 6.54 Å². The van der Waals surface area contributed by atoms with Crippen LogP contribution in [0.15, 0.2) is 34.9 Å². The summed E-state index contributed by atoms with van der Waals surface area (Å²) in [5.41, 5.74) is 0.523. The van der Waals surface area contributed by atoms with E-state index in [-0.39, 0.29) is 17.9 Å². The number of nitrogens with zero attached hydrogens (tertiary/aromatic N) is 2. The van der Waals surface area contributed by atoms with Crippen LogP contribution in [0.25, 0.3) is 11.5 Å². The van der Waals surface area contributed by atoms with E-state index >= 15 is 0 Å². The van der Waals surface area contributed by atoms with Gasteiger partial charge in [0.15, 0.2) is 0 Å². The molecule has 0 aromatic carbocycles. The van der Waals surface area contributed by atoms with Gasteiger partial charge in [-0.25, -0.2) is 0 Å². The second-order valence-corrected chi connectivity index (χ2v) is 9.04. The van der Waals surface area contributed by atoms with Crippen molar-refractivity contribution in [3.05, 3.63) is 36.2 Å². The summed E-state index contributed by atoms with van der Waals surface area (Å²) in [6, 6.07) is 7.69. The molecule has 2 aliphatic rings. The lowest BCUT2D eigenvalue weighted by Gasteiger charge is -2.45. The van der Waals surface area contributed by atoms with Gasteiger partial charge in [0.1, 0.15) is 17.0 Å². The molecule has 1 atom stereocenters. The van der Waals surface area contributed by atoms with E-state index in [1.54, 1.807) is 11.2 Å². The van der Waals surface area contributed by atoms with Crippen LogP contribution in [0.4, 0.5) is 0 Å². The van der Waals surface area contributed by atoms with Gasteiger partial charge in [-0.1, -0.05) is 26.7 Å². The highest BCUT2D eigenvalue weighted by Crippen LogP contribution is 2.34. The predicted molar refractivity (Wildman–Crippen MR) is 111 cm³/mol. The minimum Gasteiger partial charge on any atom is -0.463 e. The zero-order valence-electron chi connectivity index (χ0n) is 17.6. The van der Waals surface area contributed by atoms with Crippen molar-refractivity contribution in [2.45, 2.75) is 71.0 Å². The molecular formula is C23H31N3O3. The minimum absolute atomic E-state index is 0.0498. The first-order valence-electron chi connectivity index (χ1n) is 10.8. The highest BCUT2D eigenvalue weighted by molar-refractivity contribution is 6.00. The third kappa shape index (κ3) is 3.61. The zero-order valence-corrected chi connectivity index (χ0v) is 17.6. The molecule has 1 unspecified atom stereocenters. The molecule has 3 heterocycles. The third-order valence-electron chi connectivity index (χ3n) is 6.39. The summed E-state index contributed by atoms with van der Waals surface area (Å²) in [7, 11) is 0. The average molecular weight is 398 g/mol. The molecule has 156 valence electrons. The fourth-order valence-corrected chi connectivity index (χ4v) is 4.56. The largest absolute Gasteiger partial charge is 0.463 e. The number of carbonyl (C=O) groups is 2. The number of aromatic nitrogens is 1. The standard InChI is InChI=1S/C23H31N3O3/c1-16(2)12-13-26-21(27)19-11-10-18(20-9-6-14-29-20)25(19)15-23(26,3)22(28)24-17-7-4-5-8-17/h6,9-11,14,16-17H,4-5,7-8,12-13,15H2,1-3H3,(H,24,28). The van der Waals surface area contributed by atoms with E-state index in [0.717, 1.165) is 37.8 Å². The molecule has 29 heavy (non-hydrogen) atoms. The molecule has 2 aromatic heterocycles. The molecule has 1 N–H and O–H groups in total. The molecule has 2 amide bonds. The highest BCUT2D eigenvalue weighted by atomic mass is 16.3. The molecule has 4 rings (SSSR count). The van der Waals surface area contributed by atoms with Crippen LogP contribution in [-0.4, -0.2) is 39.4 Å². The average Bonchev–Trinajstić information content (AvgIpc) is 3.42. The predicted octanol–water partition coefficient (Wildman–Crippen LogP) is 4.07. The zero-order chi connectivity index (χ0) is 20.6. The lowest BCUT2D eigenvalue weighted by atomic mass is 9.93. The number of furan rings is 1. The quantitative estimate of drug-likeness (QED) is 0.799. The fourth-order valence-electron chi connectivity index (χ4n) is 4.56. The van der Waals surface area contributed by atoms with E-state index in [9.17, 15) is 9.59 Å². The van der Waals surface area contributed by atoms with E-state index in [4.69, 9.17) is 4.42 Å². The summed E-state index contributed by atoms with van der Waals surface area (Å²) < 4.78 is 7.52. The Kier molecular flexibility index (Phi) is 5.28. The number of hydrogen-bond acceptors (Lipinski definition) is 3. The van der Waals surface area contributed by atoms with Crippen LogP contribution in [0.2, 0.25) is 0 Å². The lowest BCUT2D eigenvalue weighted by molar-refractivity contribution is -0.133. The summed E-state index contributed by atoms with van der Waals surface area (Å²) in [5, 5.41) is 3.23. The maximum absolute atomic E-state index is 13.5. The van der Waals surface area contributed by atoms with Gasteiger partial charge in [0.25, 0.3) is 5.91 Å². The van der Waals surface area contributed by atoms with Crippen molar-refractivity contribution < 1.29 is 14.0 Å². The van der Waals surface area contributed by atoms with Crippen molar-refractivity contribution in [2.24, 2.45) is 5.92 Å². The second kappa shape index (κ2) is 7.73. The second-order valence-electron chi connectivity index (χ2n) is 9.04. The van der Waals surface area contributed by atoms with E-state index < -0.39 is 5.54 Å². The van der Waals surface area contributed by atoms with Crippen LogP contribution < -0.4 is 5.32 Å². The molecule has 1 aliphatic heterocycles. The Bertz CT molecular complexity index is 877. The Morgan fingerprint density at radius 2 is 1.97 bits per heavy atom. The number of nitrogens with one attached hydrogen (secondary N) is 1. The van der Waals surface area contributed by atoms with Gasteiger partial charge < -0.3 is 19.2 Å². The number of fused-ring (bicyclic) bond motifs is 1. The molecule has 0 radical (unpaired) electrons. The topological polar surface area (TPSA) is 67.5 Å². The van der Waals surface area contributed by atoms with Gasteiger partial charge in [-0.2, -0.15) is 0 Å². The normalized spacial score (nSPS) is 22.3. The van der Waals surface area contributed by atoms with Gasteiger partial charge in [-0.3, -0.25) is 9.59 Å². The van der Waals surface area contributed by atoms with Gasteiger partial charge in [0.2, 0.25) is 5.91 Å². The van der Waals surface area contributed by atoms with Gasteiger partial charge in [-0.15, -0.1) is 0 Å². The van der Waals surface area contributed by atoms with Crippen molar-refractivity contribution in [3.8, 4) is 11.5 Å². The molecule has 1 fully saturated rings. The number of amides is 2. The van der Waals surface area contributed by atoms with Crippen LogP contribution in [-0.2, 0) is 11.3 Å². The monoisotopic (exact) mass is 397 g/mol. The molecule has 1 aliphatic carbocycles. The Morgan fingerprint density at radius 1 is 1.24 bits per heavy atom. The molecule has 0 saturated heterocycles. The Hall–Kier alpha value is -2.50. The molecule has 1 saturated carbocycles. The minimum atomic E-state index is -0.929. The van der Waals surface area contributed by atoms with Gasteiger partial charge in [0.05, 0.1) is 18.5 Å². The van der Waals surface area contributed by atoms with Crippen molar-refractivity contribution >= 4 is 11.8 Å². The summed E-state index contributed by atoms with van der Waals surface area (Å²) in [6.07, 6.45) is 6.84. The summed E-state index contributed by atoms with van der Waals surface area (Å²) in [4.78, 5) is 28.7. The van der Waals surface area contributed by atoms with Crippen molar-refractivity contribution in [1.82, 2.24) is 14.8 Å².